The summed E-state index contributed by atoms with van der Waals surface area (Å²) in [6.45, 7) is 2.66. The molecule has 0 saturated carbocycles. The molecule has 1 aromatic rings. The maximum Gasteiger partial charge on any atom is 0.219 e. The van der Waals surface area contributed by atoms with Crippen LogP contribution in [0.3, 0.4) is 0 Å². The minimum atomic E-state index is -2.07. The van der Waals surface area contributed by atoms with Crippen molar-refractivity contribution in [2.24, 2.45) is 0 Å². The van der Waals surface area contributed by atoms with E-state index in [0.717, 1.165) is 6.92 Å². The Balaban J connectivity index is 2.63. The summed E-state index contributed by atoms with van der Waals surface area (Å²) in [5.41, 5.74) is 0. The summed E-state index contributed by atoms with van der Waals surface area (Å²) in [6.07, 6.45) is 1.39. The van der Waals surface area contributed by atoms with Crippen LogP contribution >= 0.6 is 0 Å². The van der Waals surface area contributed by atoms with Crippen LogP contribution in [0.15, 0.2) is 22.8 Å². The SMILES string of the molecule is CC(NC(C)(O)O)C(=O)c1ccco1. The highest BCUT2D eigenvalue weighted by Gasteiger charge is 2.24. The van der Waals surface area contributed by atoms with Crippen LogP contribution in [0.4, 0.5) is 0 Å². The van der Waals surface area contributed by atoms with E-state index in [1.807, 2.05) is 0 Å². The molecule has 1 aromatic heterocycles. The molecule has 3 N–H and O–H groups in total. The zero-order chi connectivity index (χ0) is 10.8. The van der Waals surface area contributed by atoms with Crippen molar-refractivity contribution in [3.63, 3.8) is 0 Å². The highest BCUT2D eigenvalue weighted by molar-refractivity contribution is 5.97. The summed E-state index contributed by atoms with van der Waals surface area (Å²) in [6, 6.07) is 2.39. The van der Waals surface area contributed by atoms with Crippen molar-refractivity contribution in [2.75, 3.05) is 0 Å². The first-order valence-electron chi connectivity index (χ1n) is 4.20. The fourth-order valence-electron chi connectivity index (χ4n) is 1.11. The third kappa shape index (κ3) is 2.95. The number of furan rings is 1. The molecule has 5 heteroatoms. The molecular weight excluding hydrogens is 186 g/mol. The van der Waals surface area contributed by atoms with Gasteiger partial charge in [-0.2, -0.15) is 0 Å². The number of Topliss-reactive ketones (excluding diaryl/α,β-unsaturated/α-hetero) is 1. The Bertz CT molecular complexity index is 299. The van der Waals surface area contributed by atoms with Crippen LogP contribution in [0.1, 0.15) is 24.4 Å². The molecule has 1 unspecified atom stereocenters. The number of hydrogen-bond acceptors (Lipinski definition) is 5. The van der Waals surface area contributed by atoms with E-state index >= 15 is 0 Å². The van der Waals surface area contributed by atoms with Gasteiger partial charge in [-0.15, -0.1) is 0 Å². The zero-order valence-corrected chi connectivity index (χ0v) is 8.02. The predicted molar refractivity (Wildman–Crippen MR) is 48.5 cm³/mol. The maximum absolute atomic E-state index is 11.5. The first-order chi connectivity index (χ1) is 6.40. The number of carbonyl (C=O) groups excluding carboxylic acids is 1. The Hall–Kier alpha value is -1.17. The molecule has 0 aliphatic heterocycles. The first-order valence-corrected chi connectivity index (χ1v) is 4.20. The Labute approximate surface area is 81.4 Å². The molecule has 0 aliphatic carbocycles. The van der Waals surface area contributed by atoms with E-state index in [2.05, 4.69) is 5.32 Å². The van der Waals surface area contributed by atoms with Crippen LogP contribution in [-0.4, -0.2) is 27.9 Å². The van der Waals surface area contributed by atoms with E-state index in [-0.39, 0.29) is 11.5 Å². The molecule has 78 valence electrons. The molecule has 1 heterocycles. The monoisotopic (exact) mass is 199 g/mol. The molecule has 0 aliphatic rings. The topological polar surface area (TPSA) is 82.7 Å². The minimum absolute atomic E-state index is 0.189. The average Bonchev–Trinajstić information content (AvgIpc) is 2.51. The van der Waals surface area contributed by atoms with E-state index < -0.39 is 12.0 Å². The van der Waals surface area contributed by atoms with Crippen molar-refractivity contribution < 1.29 is 19.4 Å². The summed E-state index contributed by atoms with van der Waals surface area (Å²) in [7, 11) is 0. The third-order valence-electron chi connectivity index (χ3n) is 1.65. The molecule has 14 heavy (non-hydrogen) atoms. The quantitative estimate of drug-likeness (QED) is 0.473. The van der Waals surface area contributed by atoms with Crippen molar-refractivity contribution in [1.82, 2.24) is 5.32 Å². The molecular formula is C9H13NO4. The van der Waals surface area contributed by atoms with E-state index in [0.29, 0.717) is 0 Å². The molecule has 1 rings (SSSR count). The van der Waals surface area contributed by atoms with Crippen molar-refractivity contribution in [2.45, 2.75) is 25.8 Å². The number of aliphatic hydroxyl groups is 2. The predicted octanol–water partition coefficient (Wildman–Crippen LogP) is 0.0987. The van der Waals surface area contributed by atoms with Gasteiger partial charge in [-0.3, -0.25) is 10.1 Å². The number of hydrogen-bond donors (Lipinski definition) is 3. The number of nitrogens with one attached hydrogen (secondary N) is 1. The lowest BCUT2D eigenvalue weighted by Crippen LogP contribution is -2.49. The van der Waals surface area contributed by atoms with Gasteiger partial charge in [0.2, 0.25) is 11.7 Å². The van der Waals surface area contributed by atoms with Crippen LogP contribution in [0.25, 0.3) is 0 Å². The van der Waals surface area contributed by atoms with Crippen molar-refractivity contribution in [3.05, 3.63) is 24.2 Å². The van der Waals surface area contributed by atoms with Gasteiger partial charge in [-0.05, 0) is 19.1 Å². The van der Waals surface area contributed by atoms with Gasteiger partial charge >= 0.3 is 0 Å². The van der Waals surface area contributed by atoms with Crippen LogP contribution in [0.5, 0.6) is 0 Å². The molecule has 0 fully saturated rings. The van der Waals surface area contributed by atoms with Crippen LogP contribution in [0.2, 0.25) is 0 Å². The summed E-state index contributed by atoms with van der Waals surface area (Å²) in [5, 5.41) is 20.3. The van der Waals surface area contributed by atoms with Crippen molar-refractivity contribution in [3.8, 4) is 0 Å². The number of rotatable bonds is 4. The lowest BCUT2D eigenvalue weighted by Gasteiger charge is -2.21. The smallest absolute Gasteiger partial charge is 0.219 e. The van der Waals surface area contributed by atoms with E-state index in [1.54, 1.807) is 6.07 Å². The Morgan fingerprint density at radius 3 is 2.71 bits per heavy atom. The van der Waals surface area contributed by atoms with Crippen LogP contribution in [0, 0.1) is 0 Å². The summed E-state index contributed by atoms with van der Waals surface area (Å²) < 4.78 is 4.88. The molecule has 1 atom stereocenters. The highest BCUT2D eigenvalue weighted by Crippen LogP contribution is 2.06. The molecule has 0 aromatic carbocycles. The Morgan fingerprint density at radius 2 is 2.29 bits per heavy atom. The first kappa shape index (κ1) is 10.9. The standard InChI is InChI=1S/C9H13NO4/c1-6(10-9(2,12)13)8(11)7-4-3-5-14-7/h3-6,10,12-13H,1-2H3. The van der Waals surface area contributed by atoms with Crippen molar-refractivity contribution >= 4 is 5.78 Å². The normalized spacial score (nSPS) is 14.0. The second-order valence-electron chi connectivity index (χ2n) is 3.23. The second-order valence-corrected chi connectivity index (χ2v) is 3.23. The summed E-state index contributed by atoms with van der Waals surface area (Å²) in [5.74, 6) is -2.21. The molecule has 0 spiro atoms. The highest BCUT2D eigenvalue weighted by atomic mass is 16.5. The van der Waals surface area contributed by atoms with Gasteiger partial charge in [-0.1, -0.05) is 0 Å². The van der Waals surface area contributed by atoms with Gasteiger partial charge in [-0.25, -0.2) is 0 Å². The Morgan fingerprint density at radius 1 is 1.64 bits per heavy atom. The second kappa shape index (κ2) is 3.91. The third-order valence-corrected chi connectivity index (χ3v) is 1.65. The van der Waals surface area contributed by atoms with Crippen LogP contribution in [-0.2, 0) is 0 Å². The van der Waals surface area contributed by atoms with Gasteiger partial charge in [0.25, 0.3) is 0 Å². The minimum Gasteiger partial charge on any atom is -0.461 e. The fraction of sp³-hybridized carbons (Fsp3) is 0.444. The van der Waals surface area contributed by atoms with Gasteiger partial charge < -0.3 is 14.6 Å². The van der Waals surface area contributed by atoms with E-state index in [4.69, 9.17) is 14.6 Å². The van der Waals surface area contributed by atoms with Gasteiger partial charge in [0.05, 0.1) is 12.3 Å². The zero-order valence-electron chi connectivity index (χ0n) is 8.02. The number of ketones is 1. The fourth-order valence-corrected chi connectivity index (χ4v) is 1.11. The average molecular weight is 199 g/mol. The molecule has 5 nitrogen and oxygen atoms in total. The molecule has 0 radical (unpaired) electrons. The van der Waals surface area contributed by atoms with Gasteiger partial charge in [0.1, 0.15) is 0 Å². The van der Waals surface area contributed by atoms with Crippen LogP contribution < -0.4 is 5.32 Å². The van der Waals surface area contributed by atoms with Gasteiger partial charge in [0.15, 0.2) is 5.76 Å². The van der Waals surface area contributed by atoms with E-state index in [1.165, 1.54) is 19.3 Å². The molecule has 0 bridgehead atoms. The van der Waals surface area contributed by atoms with Gasteiger partial charge in [0, 0.05) is 6.92 Å². The summed E-state index contributed by atoms with van der Waals surface area (Å²) >= 11 is 0. The lowest BCUT2D eigenvalue weighted by molar-refractivity contribution is -0.172. The summed E-state index contributed by atoms with van der Waals surface area (Å²) in [4.78, 5) is 11.5. The maximum atomic E-state index is 11.5. The van der Waals surface area contributed by atoms with Crippen molar-refractivity contribution in [1.29, 1.82) is 0 Å². The number of carbonyl (C=O) groups is 1. The lowest BCUT2D eigenvalue weighted by atomic mass is 10.1. The Kier molecular flexibility index (Phi) is 3.05. The largest absolute Gasteiger partial charge is 0.461 e. The van der Waals surface area contributed by atoms with E-state index in [9.17, 15) is 4.79 Å². The molecule has 0 amide bonds. The molecule has 0 saturated heterocycles.